The van der Waals surface area contributed by atoms with Crippen molar-refractivity contribution in [3.8, 4) is 0 Å². The van der Waals surface area contributed by atoms with E-state index >= 15 is 0 Å². The van der Waals surface area contributed by atoms with E-state index in [0.29, 0.717) is 16.4 Å². The fourth-order valence-corrected chi connectivity index (χ4v) is 3.37. The lowest BCUT2D eigenvalue weighted by Gasteiger charge is -2.13. The van der Waals surface area contributed by atoms with Gasteiger partial charge in [0.25, 0.3) is 0 Å². The molecular formula is C17H18O3S. The smallest absolute Gasteiger partial charge is 0.324 e. The van der Waals surface area contributed by atoms with E-state index in [0.717, 1.165) is 5.56 Å². The highest BCUT2D eigenvalue weighted by atomic mass is 32.2. The predicted octanol–water partition coefficient (Wildman–Crippen LogP) is 3.74. The van der Waals surface area contributed by atoms with Gasteiger partial charge in [-0.2, -0.15) is 0 Å². The first-order valence-electron chi connectivity index (χ1n) is 6.79. The van der Waals surface area contributed by atoms with Crippen LogP contribution in [0.15, 0.2) is 59.5 Å². The monoisotopic (exact) mass is 302 g/mol. The molecule has 2 unspecified atom stereocenters. The number of carboxylic acids is 1. The third-order valence-electron chi connectivity index (χ3n) is 3.32. The van der Waals surface area contributed by atoms with E-state index in [2.05, 4.69) is 13.8 Å². The summed E-state index contributed by atoms with van der Waals surface area (Å²) in [6.07, 6.45) is 0. The highest BCUT2D eigenvalue weighted by Gasteiger charge is 2.27. The topological polar surface area (TPSA) is 54.4 Å². The Morgan fingerprint density at radius 2 is 1.52 bits per heavy atom. The van der Waals surface area contributed by atoms with Crippen LogP contribution >= 0.6 is 0 Å². The summed E-state index contributed by atoms with van der Waals surface area (Å²) in [5.74, 6) is -0.690. The number of hydrogen-bond donors (Lipinski definition) is 1. The molecule has 0 spiro atoms. The van der Waals surface area contributed by atoms with Crippen LogP contribution in [0.25, 0.3) is 0 Å². The molecule has 0 aliphatic rings. The van der Waals surface area contributed by atoms with Crippen LogP contribution in [0.3, 0.4) is 0 Å². The van der Waals surface area contributed by atoms with Gasteiger partial charge in [-0.15, -0.1) is 0 Å². The second-order valence-corrected chi connectivity index (χ2v) is 6.69. The lowest BCUT2D eigenvalue weighted by Crippen LogP contribution is -2.17. The molecule has 0 saturated heterocycles. The lowest BCUT2D eigenvalue weighted by atomic mass is 10.0. The van der Waals surface area contributed by atoms with Gasteiger partial charge in [0.05, 0.1) is 10.8 Å². The van der Waals surface area contributed by atoms with Gasteiger partial charge in [0.2, 0.25) is 0 Å². The summed E-state index contributed by atoms with van der Waals surface area (Å²) in [4.78, 5) is 12.0. The summed E-state index contributed by atoms with van der Waals surface area (Å²) in [5.41, 5.74) is 1.69. The van der Waals surface area contributed by atoms with E-state index in [-0.39, 0.29) is 0 Å². The molecule has 0 saturated carbocycles. The standard InChI is InChI=1S/C17H18O3S/c1-12(2)13-8-10-15(11-9-13)21(20)16(17(18)19)14-6-4-3-5-7-14/h3-12,16H,1-2H3,(H,18,19). The van der Waals surface area contributed by atoms with E-state index in [4.69, 9.17) is 0 Å². The Kier molecular flexibility index (Phi) is 4.91. The summed E-state index contributed by atoms with van der Waals surface area (Å²) in [7, 11) is -1.62. The average Bonchev–Trinajstić information content (AvgIpc) is 2.48. The van der Waals surface area contributed by atoms with Crippen LogP contribution in [0.2, 0.25) is 0 Å². The van der Waals surface area contributed by atoms with Crippen molar-refractivity contribution in [2.45, 2.75) is 29.9 Å². The van der Waals surface area contributed by atoms with Gasteiger partial charge in [-0.05, 0) is 29.2 Å². The van der Waals surface area contributed by atoms with Gasteiger partial charge in [-0.3, -0.25) is 9.00 Å². The first-order valence-corrected chi connectivity index (χ1v) is 8.00. The lowest BCUT2D eigenvalue weighted by molar-refractivity contribution is -0.136. The van der Waals surface area contributed by atoms with Crippen molar-refractivity contribution in [2.24, 2.45) is 0 Å². The molecule has 2 atom stereocenters. The molecule has 0 aliphatic heterocycles. The zero-order valence-corrected chi connectivity index (χ0v) is 12.8. The minimum absolute atomic E-state index is 0.386. The number of carbonyl (C=O) groups is 1. The second-order valence-electron chi connectivity index (χ2n) is 5.15. The summed E-state index contributed by atoms with van der Waals surface area (Å²) in [6.45, 7) is 4.16. The summed E-state index contributed by atoms with van der Waals surface area (Å²) < 4.78 is 12.6. The molecule has 3 nitrogen and oxygen atoms in total. The SMILES string of the molecule is CC(C)c1ccc(S(=O)C(C(=O)O)c2ccccc2)cc1. The predicted molar refractivity (Wildman–Crippen MR) is 83.8 cm³/mol. The molecule has 0 aliphatic carbocycles. The van der Waals surface area contributed by atoms with E-state index < -0.39 is 22.0 Å². The van der Waals surface area contributed by atoms with Crippen molar-refractivity contribution >= 4 is 16.8 Å². The molecule has 0 aromatic heterocycles. The number of benzene rings is 2. The first-order chi connectivity index (χ1) is 10.0. The van der Waals surface area contributed by atoms with Gasteiger partial charge < -0.3 is 5.11 Å². The minimum atomic E-state index is -1.62. The van der Waals surface area contributed by atoms with Crippen LogP contribution in [0.1, 0.15) is 36.1 Å². The van der Waals surface area contributed by atoms with Gasteiger partial charge in [0.1, 0.15) is 0 Å². The fraction of sp³-hybridized carbons (Fsp3) is 0.235. The molecule has 4 heteroatoms. The molecule has 1 N–H and O–H groups in total. The van der Waals surface area contributed by atoms with E-state index in [9.17, 15) is 14.1 Å². The fourth-order valence-electron chi connectivity index (χ4n) is 2.11. The Hall–Kier alpha value is -1.94. The Balaban J connectivity index is 2.33. The normalized spacial score (nSPS) is 13.9. The largest absolute Gasteiger partial charge is 0.480 e. The van der Waals surface area contributed by atoms with Crippen molar-refractivity contribution in [2.75, 3.05) is 0 Å². The van der Waals surface area contributed by atoms with Gasteiger partial charge in [-0.1, -0.05) is 56.3 Å². The maximum atomic E-state index is 12.6. The number of carboxylic acid groups (broad SMARTS) is 1. The maximum absolute atomic E-state index is 12.6. The zero-order valence-electron chi connectivity index (χ0n) is 12.0. The van der Waals surface area contributed by atoms with Gasteiger partial charge in [-0.25, -0.2) is 0 Å². The Labute approximate surface area is 127 Å². The van der Waals surface area contributed by atoms with Gasteiger partial charge >= 0.3 is 5.97 Å². The number of aliphatic carboxylic acids is 1. The van der Waals surface area contributed by atoms with Crippen molar-refractivity contribution in [3.05, 3.63) is 65.7 Å². The molecule has 0 bridgehead atoms. The van der Waals surface area contributed by atoms with Crippen LogP contribution in [0, 0.1) is 0 Å². The van der Waals surface area contributed by atoms with Gasteiger partial charge in [0, 0.05) is 4.90 Å². The molecule has 2 aromatic rings. The number of hydrogen-bond acceptors (Lipinski definition) is 2. The van der Waals surface area contributed by atoms with E-state index in [1.54, 1.807) is 36.4 Å². The Morgan fingerprint density at radius 3 is 2.00 bits per heavy atom. The van der Waals surface area contributed by atoms with Crippen molar-refractivity contribution < 1.29 is 14.1 Å². The van der Waals surface area contributed by atoms with Gasteiger partial charge in [0.15, 0.2) is 5.25 Å². The third kappa shape index (κ3) is 3.58. The molecule has 2 rings (SSSR count). The van der Waals surface area contributed by atoms with Crippen molar-refractivity contribution in [1.29, 1.82) is 0 Å². The van der Waals surface area contributed by atoms with Crippen molar-refractivity contribution in [3.63, 3.8) is 0 Å². The van der Waals surface area contributed by atoms with Crippen LogP contribution in [0.4, 0.5) is 0 Å². The van der Waals surface area contributed by atoms with Crippen LogP contribution in [-0.4, -0.2) is 15.3 Å². The molecule has 0 fully saturated rings. The molecule has 21 heavy (non-hydrogen) atoms. The van der Waals surface area contributed by atoms with Crippen LogP contribution in [-0.2, 0) is 15.6 Å². The summed E-state index contributed by atoms with van der Waals surface area (Å²) in [6, 6.07) is 16.0. The molecule has 110 valence electrons. The first kappa shape index (κ1) is 15.4. The molecular weight excluding hydrogens is 284 g/mol. The number of rotatable bonds is 5. The quantitative estimate of drug-likeness (QED) is 0.915. The minimum Gasteiger partial charge on any atom is -0.480 e. The highest BCUT2D eigenvalue weighted by molar-refractivity contribution is 7.86. The van der Waals surface area contributed by atoms with Crippen molar-refractivity contribution in [1.82, 2.24) is 0 Å². The average molecular weight is 302 g/mol. The maximum Gasteiger partial charge on any atom is 0.324 e. The second kappa shape index (κ2) is 6.68. The van der Waals surface area contributed by atoms with E-state index in [1.165, 1.54) is 0 Å². The molecule has 0 heterocycles. The third-order valence-corrected chi connectivity index (χ3v) is 4.96. The molecule has 2 aromatic carbocycles. The summed E-state index contributed by atoms with van der Waals surface area (Å²) in [5, 5.41) is 8.36. The van der Waals surface area contributed by atoms with E-state index in [1.807, 2.05) is 18.2 Å². The van der Waals surface area contributed by atoms with Crippen LogP contribution < -0.4 is 0 Å². The molecule has 0 radical (unpaired) electrons. The highest BCUT2D eigenvalue weighted by Crippen LogP contribution is 2.26. The Bertz CT molecular complexity index is 633. The zero-order chi connectivity index (χ0) is 15.4. The molecule has 0 amide bonds. The Morgan fingerprint density at radius 1 is 0.952 bits per heavy atom. The van der Waals surface area contributed by atoms with Crippen LogP contribution in [0.5, 0.6) is 0 Å². The summed E-state index contributed by atoms with van der Waals surface area (Å²) >= 11 is 0.